The van der Waals surface area contributed by atoms with E-state index >= 15 is 0 Å². The van der Waals surface area contributed by atoms with Crippen molar-refractivity contribution in [2.45, 2.75) is 104 Å². The molecule has 7 heterocycles. The summed E-state index contributed by atoms with van der Waals surface area (Å²) in [6.07, 6.45) is 3.07. The number of halogens is 1. The minimum absolute atomic E-state index is 0.0257. The normalized spacial score (nSPS) is 17.9. The van der Waals surface area contributed by atoms with Crippen molar-refractivity contribution in [1.29, 1.82) is 0 Å². The summed E-state index contributed by atoms with van der Waals surface area (Å²) in [5, 5.41) is 21.2. The third kappa shape index (κ3) is 10.0. The first-order valence-electron chi connectivity index (χ1n) is 23.4. The molecule has 4 aromatic heterocycles. The minimum atomic E-state index is -0.616. The molecule has 2 aromatic carbocycles. The number of hydrogen-bond donors (Lipinski definition) is 2. The van der Waals surface area contributed by atoms with Crippen LogP contribution < -0.4 is 15.4 Å². The van der Waals surface area contributed by atoms with E-state index in [0.29, 0.717) is 55.1 Å². The molecule has 18 heteroatoms. The van der Waals surface area contributed by atoms with Crippen LogP contribution in [0.5, 0.6) is 5.88 Å². The summed E-state index contributed by atoms with van der Waals surface area (Å²) in [5.41, 5.74) is 8.85. The minimum Gasteiger partial charge on any atom is -0.474 e. The molecule has 1 unspecified atom stereocenters. The first kappa shape index (κ1) is 47.3. The molecule has 9 rings (SSSR count). The number of aryl methyl sites for hydroxylation is 3. The molecular weight excluding hydrogens is 920 g/mol. The zero-order chi connectivity index (χ0) is 47.6. The van der Waals surface area contributed by atoms with Crippen LogP contribution in [-0.2, 0) is 20.9 Å². The summed E-state index contributed by atoms with van der Waals surface area (Å²) in [6.45, 7) is 15.6. The summed E-state index contributed by atoms with van der Waals surface area (Å²) in [6, 6.07) is 16.4. The number of likely N-dealkylation sites (tertiary alicyclic amines) is 2. The van der Waals surface area contributed by atoms with E-state index in [0.717, 1.165) is 87.3 Å². The van der Waals surface area contributed by atoms with E-state index in [4.69, 9.17) is 25.9 Å². The number of nitrogens with one attached hydrogen (secondary N) is 2. The zero-order valence-electron chi connectivity index (χ0n) is 39.3. The van der Waals surface area contributed by atoms with E-state index in [1.807, 2.05) is 81.7 Å². The number of benzene rings is 2. The molecule has 3 amide bonds. The number of nitrogens with zero attached hydrogens (tertiary/aromatic N) is 8. The van der Waals surface area contributed by atoms with Crippen LogP contribution in [0.25, 0.3) is 15.4 Å². The Morgan fingerprint density at radius 2 is 1.71 bits per heavy atom. The van der Waals surface area contributed by atoms with Gasteiger partial charge in [-0.2, -0.15) is 0 Å². The number of thiophene rings is 1. The number of thiazole rings is 1. The molecule has 2 saturated heterocycles. The van der Waals surface area contributed by atoms with Crippen molar-refractivity contribution >= 4 is 57.7 Å². The van der Waals surface area contributed by atoms with Crippen LogP contribution in [0.15, 0.2) is 69.6 Å². The molecule has 2 N–H and O–H groups in total. The number of amides is 3. The highest BCUT2D eigenvalue weighted by Crippen LogP contribution is 2.40. The summed E-state index contributed by atoms with van der Waals surface area (Å²) < 4.78 is 13.9. The fourth-order valence-electron chi connectivity index (χ4n) is 9.54. The van der Waals surface area contributed by atoms with Crippen LogP contribution >= 0.6 is 34.3 Å². The van der Waals surface area contributed by atoms with Gasteiger partial charge in [0.15, 0.2) is 11.6 Å². The lowest BCUT2D eigenvalue weighted by atomic mass is 9.91. The molecule has 0 radical (unpaired) electrons. The van der Waals surface area contributed by atoms with Crippen LogP contribution in [0.4, 0.5) is 0 Å². The third-order valence-corrected chi connectivity index (χ3v) is 15.8. The maximum absolute atomic E-state index is 14.1. The van der Waals surface area contributed by atoms with Gasteiger partial charge in [0.1, 0.15) is 35.4 Å². The molecule has 68 heavy (non-hydrogen) atoms. The summed E-state index contributed by atoms with van der Waals surface area (Å²) in [4.78, 5) is 57.3. The second-order valence-electron chi connectivity index (χ2n) is 18.3. The predicted molar refractivity (Wildman–Crippen MR) is 264 cm³/mol. The van der Waals surface area contributed by atoms with Gasteiger partial charge >= 0.3 is 0 Å². The molecule has 0 aliphatic carbocycles. The van der Waals surface area contributed by atoms with Crippen molar-refractivity contribution in [2.75, 3.05) is 32.8 Å². The first-order valence-corrected chi connectivity index (χ1v) is 25.5. The van der Waals surface area contributed by atoms with Crippen LogP contribution in [-0.4, -0.2) is 103 Å². The number of hydrogen-bond acceptors (Lipinski definition) is 13. The fraction of sp³-hybridized carbons (Fsp3) is 0.440. The van der Waals surface area contributed by atoms with Gasteiger partial charge < -0.3 is 24.8 Å². The predicted octanol–water partition coefficient (Wildman–Crippen LogP) is 8.32. The van der Waals surface area contributed by atoms with Crippen molar-refractivity contribution in [1.82, 2.24) is 45.3 Å². The second-order valence-corrected chi connectivity index (χ2v) is 20.8. The quantitative estimate of drug-likeness (QED) is 0.102. The number of fused-ring (bicyclic) bond motifs is 3. The molecule has 6 aromatic rings. The average molecular weight is 978 g/mol. The highest BCUT2D eigenvalue weighted by molar-refractivity contribution is 7.15. The van der Waals surface area contributed by atoms with Crippen molar-refractivity contribution in [3.05, 3.63) is 115 Å². The largest absolute Gasteiger partial charge is 0.474 e. The Kier molecular flexibility index (Phi) is 14.2. The summed E-state index contributed by atoms with van der Waals surface area (Å²) in [7, 11) is 0. The fourth-order valence-corrected chi connectivity index (χ4v) is 11.7. The number of piperidine rings is 1. The Balaban J connectivity index is 0.751. The third-order valence-electron chi connectivity index (χ3n) is 13.4. The number of aliphatic imine (C=N–C) groups is 1. The van der Waals surface area contributed by atoms with Gasteiger partial charge in [-0.1, -0.05) is 61.8 Å². The first-order chi connectivity index (χ1) is 32.8. The smallest absolute Gasteiger partial charge is 0.254 e. The van der Waals surface area contributed by atoms with Gasteiger partial charge in [-0.3, -0.25) is 28.8 Å². The van der Waals surface area contributed by atoms with E-state index in [2.05, 4.69) is 54.3 Å². The highest BCUT2D eigenvalue weighted by atomic mass is 35.5. The Hall–Kier alpha value is -5.75. The van der Waals surface area contributed by atoms with Crippen molar-refractivity contribution in [3.8, 4) is 21.3 Å². The number of ether oxygens (including phenoxy) is 1. The Bertz CT molecular complexity index is 2810. The van der Waals surface area contributed by atoms with Gasteiger partial charge in [-0.05, 0) is 93.3 Å². The molecule has 0 saturated carbocycles. The zero-order valence-corrected chi connectivity index (χ0v) is 41.6. The summed E-state index contributed by atoms with van der Waals surface area (Å²) >= 11 is 9.57. The summed E-state index contributed by atoms with van der Waals surface area (Å²) in [5.74, 6) is 1.04. The topological polar surface area (TPSA) is 173 Å². The van der Waals surface area contributed by atoms with Crippen LogP contribution in [0.1, 0.15) is 108 Å². The maximum Gasteiger partial charge on any atom is 0.254 e. The monoisotopic (exact) mass is 976 g/mol. The molecule has 0 bridgehead atoms. The van der Waals surface area contributed by atoms with E-state index in [9.17, 15) is 14.4 Å². The second kappa shape index (κ2) is 20.5. The maximum atomic E-state index is 14.1. The van der Waals surface area contributed by atoms with Gasteiger partial charge in [0.25, 0.3) is 5.88 Å². The van der Waals surface area contributed by atoms with Crippen molar-refractivity contribution < 1.29 is 23.6 Å². The number of carbonyl (C=O) groups excluding carboxylic acids is 3. The highest BCUT2D eigenvalue weighted by Gasteiger charge is 2.40. The standard InChI is InChI=1S/C50H57ClN10O5S2/c1-28(2)43(49(64)60-19-7-8-39(60)48(63)52-26-33-9-11-35(12-10-33)46-30(4)53-27-67-46)40-25-42(58-66-40)65-23-22-59-20-17-37(18-21-59)54-41(62)24-38-47-57-56-32(6)61(47)50-44(29(3)31(5)68-50)45(55-38)34-13-15-36(51)16-14-34/h9-16,25,27-28,37-39,43H,7-8,17-24,26H2,1-6H3,(H,52,63)(H,54,62)/t38-,39-,43?/m0/s1. The van der Waals surface area contributed by atoms with Gasteiger partial charge in [-0.25, -0.2) is 4.98 Å². The van der Waals surface area contributed by atoms with Crippen LogP contribution in [0.2, 0.25) is 5.02 Å². The number of aromatic nitrogens is 5. The molecule has 2 fully saturated rings. The average Bonchev–Trinajstić information content (AvgIpc) is 4.18. The van der Waals surface area contributed by atoms with Crippen LogP contribution in [0, 0.1) is 33.6 Å². The lowest BCUT2D eigenvalue weighted by Gasteiger charge is -2.32. The van der Waals surface area contributed by atoms with E-state index in [1.54, 1.807) is 33.6 Å². The lowest BCUT2D eigenvalue weighted by Crippen LogP contribution is -2.47. The van der Waals surface area contributed by atoms with Gasteiger partial charge in [0.2, 0.25) is 17.7 Å². The van der Waals surface area contributed by atoms with Crippen molar-refractivity contribution in [3.63, 3.8) is 0 Å². The van der Waals surface area contributed by atoms with Crippen molar-refractivity contribution in [2.24, 2.45) is 10.9 Å². The Morgan fingerprint density at radius 1 is 0.956 bits per heavy atom. The van der Waals surface area contributed by atoms with Gasteiger partial charge in [-0.15, -0.1) is 32.9 Å². The SMILES string of the molecule is Cc1ncsc1-c1ccc(CNC(=O)[C@@H]2CCCN2C(=O)C(c2cc(OCCN3CCC(NC(=O)C[C@@H]4N=C(c5ccc(Cl)cc5)c5c(sc(C)c5C)-n5c(C)nnc54)CC3)no2)C(C)C)cc1. The van der Waals surface area contributed by atoms with Crippen LogP contribution in [0.3, 0.4) is 0 Å². The molecule has 3 aliphatic heterocycles. The van der Waals surface area contributed by atoms with E-state index in [-0.39, 0.29) is 36.1 Å². The molecule has 0 spiro atoms. The molecular formula is C50H57ClN10O5S2. The van der Waals surface area contributed by atoms with Gasteiger partial charge in [0, 0.05) is 65.9 Å². The molecule has 3 atom stereocenters. The molecule has 356 valence electrons. The lowest BCUT2D eigenvalue weighted by molar-refractivity contribution is -0.140. The molecule has 3 aliphatic rings. The Labute approximate surface area is 409 Å². The van der Waals surface area contributed by atoms with E-state index in [1.165, 1.54) is 4.88 Å². The van der Waals surface area contributed by atoms with Gasteiger partial charge in [0.05, 0.1) is 28.2 Å². The Morgan fingerprint density at radius 3 is 2.43 bits per heavy atom. The van der Waals surface area contributed by atoms with E-state index < -0.39 is 18.0 Å². The number of rotatable bonds is 15. The number of carbonyl (C=O) groups is 3. The molecule has 15 nitrogen and oxygen atoms in total.